The van der Waals surface area contributed by atoms with Crippen molar-refractivity contribution in [2.24, 2.45) is 0 Å². The van der Waals surface area contributed by atoms with Crippen LogP contribution in [0.5, 0.6) is 11.5 Å². The lowest BCUT2D eigenvalue weighted by Crippen LogP contribution is -1.92. The van der Waals surface area contributed by atoms with Gasteiger partial charge in [0.25, 0.3) is 0 Å². The largest absolute Gasteiger partial charge is 0.493 e. The van der Waals surface area contributed by atoms with E-state index < -0.39 is 0 Å². The molecule has 0 spiro atoms. The number of rotatable bonds is 4. The molecule has 4 rings (SSSR count). The average molecular weight is 340 g/mol. The maximum Gasteiger partial charge on any atom is 0.167 e. The van der Waals surface area contributed by atoms with Gasteiger partial charge in [-0.2, -0.15) is 0 Å². The van der Waals surface area contributed by atoms with Crippen molar-refractivity contribution >= 4 is 33.7 Å². The van der Waals surface area contributed by atoms with E-state index in [4.69, 9.17) is 9.47 Å². The standard InChI is InChI=1S/C24H20O2/c1-25-23-13-7-9-17(24(23)26-2)14-15-19-16-18-8-3-4-10-20(18)22-12-6-5-11-21(19)22/h3-16H,1-2H3/b15-14-. The molecule has 0 heterocycles. The van der Waals surface area contributed by atoms with Crippen LogP contribution < -0.4 is 9.47 Å². The molecule has 2 heteroatoms. The van der Waals surface area contributed by atoms with Crippen LogP contribution in [0.1, 0.15) is 11.1 Å². The highest BCUT2D eigenvalue weighted by atomic mass is 16.5. The van der Waals surface area contributed by atoms with Crippen LogP contribution in [0, 0.1) is 0 Å². The SMILES string of the molecule is COc1cccc(/C=C\c2cc3ccccc3c3ccccc23)c1OC. The first-order valence-corrected chi connectivity index (χ1v) is 8.61. The summed E-state index contributed by atoms with van der Waals surface area (Å²) in [5.41, 5.74) is 2.17. The molecule has 0 amide bonds. The van der Waals surface area contributed by atoms with E-state index in [9.17, 15) is 0 Å². The van der Waals surface area contributed by atoms with Gasteiger partial charge >= 0.3 is 0 Å². The summed E-state index contributed by atoms with van der Waals surface area (Å²) < 4.78 is 10.9. The van der Waals surface area contributed by atoms with Gasteiger partial charge in [0, 0.05) is 5.56 Å². The average Bonchev–Trinajstić information content (AvgIpc) is 2.71. The van der Waals surface area contributed by atoms with Crippen molar-refractivity contribution in [2.75, 3.05) is 14.2 Å². The lowest BCUT2D eigenvalue weighted by atomic mass is 9.96. The number of ether oxygens (including phenoxy) is 2. The molecule has 0 radical (unpaired) electrons. The Morgan fingerprint density at radius 1 is 0.615 bits per heavy atom. The van der Waals surface area contributed by atoms with Crippen LogP contribution in [0.4, 0.5) is 0 Å². The third-order valence-electron chi connectivity index (χ3n) is 4.68. The minimum absolute atomic E-state index is 0.734. The molecule has 0 aliphatic heterocycles. The van der Waals surface area contributed by atoms with Crippen LogP contribution in [0.15, 0.2) is 72.8 Å². The minimum atomic E-state index is 0.734. The van der Waals surface area contributed by atoms with E-state index in [2.05, 4.69) is 66.7 Å². The number of benzene rings is 4. The van der Waals surface area contributed by atoms with Crippen molar-refractivity contribution in [3.8, 4) is 11.5 Å². The molecule has 0 saturated carbocycles. The summed E-state index contributed by atoms with van der Waals surface area (Å²) in [6.45, 7) is 0. The molecule has 4 aromatic carbocycles. The third-order valence-corrected chi connectivity index (χ3v) is 4.68. The maximum atomic E-state index is 5.54. The van der Waals surface area contributed by atoms with E-state index in [0.29, 0.717) is 0 Å². The highest BCUT2D eigenvalue weighted by Gasteiger charge is 2.08. The predicted octanol–water partition coefficient (Wildman–Crippen LogP) is 6.18. The molecule has 0 aromatic heterocycles. The summed E-state index contributed by atoms with van der Waals surface area (Å²) in [5.74, 6) is 1.48. The van der Waals surface area contributed by atoms with E-state index in [1.165, 1.54) is 27.1 Å². The molecule has 0 fully saturated rings. The number of para-hydroxylation sites is 1. The van der Waals surface area contributed by atoms with Gasteiger partial charge in [0.15, 0.2) is 11.5 Å². The molecule has 0 aliphatic rings. The molecule has 26 heavy (non-hydrogen) atoms. The first kappa shape index (κ1) is 16.2. The summed E-state index contributed by atoms with van der Waals surface area (Å²) in [6.07, 6.45) is 4.23. The minimum Gasteiger partial charge on any atom is -0.493 e. The highest BCUT2D eigenvalue weighted by molar-refractivity contribution is 6.11. The Balaban J connectivity index is 1.88. The lowest BCUT2D eigenvalue weighted by molar-refractivity contribution is 0.354. The van der Waals surface area contributed by atoms with E-state index in [1.54, 1.807) is 14.2 Å². The molecule has 0 bridgehead atoms. The number of hydrogen-bond donors (Lipinski definition) is 0. The van der Waals surface area contributed by atoms with Crippen LogP contribution in [-0.4, -0.2) is 14.2 Å². The van der Waals surface area contributed by atoms with Crippen molar-refractivity contribution in [1.29, 1.82) is 0 Å². The zero-order valence-corrected chi connectivity index (χ0v) is 14.9. The van der Waals surface area contributed by atoms with E-state index >= 15 is 0 Å². The van der Waals surface area contributed by atoms with Crippen LogP contribution in [0.3, 0.4) is 0 Å². The molecule has 0 atom stereocenters. The topological polar surface area (TPSA) is 18.5 Å². The maximum absolute atomic E-state index is 5.54. The number of hydrogen-bond acceptors (Lipinski definition) is 2. The third kappa shape index (κ3) is 2.80. The number of methoxy groups -OCH3 is 2. The summed E-state index contributed by atoms with van der Waals surface area (Å²) in [4.78, 5) is 0. The molecule has 0 saturated heterocycles. The number of fused-ring (bicyclic) bond motifs is 3. The molecule has 4 aromatic rings. The van der Waals surface area contributed by atoms with Gasteiger partial charge in [-0.15, -0.1) is 0 Å². The van der Waals surface area contributed by atoms with Gasteiger partial charge < -0.3 is 9.47 Å². The van der Waals surface area contributed by atoms with Gasteiger partial charge in [0.1, 0.15) is 0 Å². The summed E-state index contributed by atoms with van der Waals surface area (Å²) >= 11 is 0. The van der Waals surface area contributed by atoms with E-state index in [-0.39, 0.29) is 0 Å². The Morgan fingerprint density at radius 2 is 1.31 bits per heavy atom. The molecule has 128 valence electrons. The zero-order valence-electron chi connectivity index (χ0n) is 14.9. The fraction of sp³-hybridized carbons (Fsp3) is 0.0833. The van der Waals surface area contributed by atoms with Gasteiger partial charge in [-0.25, -0.2) is 0 Å². The van der Waals surface area contributed by atoms with Crippen LogP contribution in [0.2, 0.25) is 0 Å². The smallest absolute Gasteiger partial charge is 0.167 e. The van der Waals surface area contributed by atoms with Gasteiger partial charge in [0.2, 0.25) is 0 Å². The second-order valence-electron chi connectivity index (χ2n) is 6.15. The summed E-state index contributed by atoms with van der Waals surface area (Å²) in [5, 5.41) is 5.02. The van der Waals surface area contributed by atoms with Gasteiger partial charge in [0.05, 0.1) is 14.2 Å². The molecular weight excluding hydrogens is 320 g/mol. The lowest BCUT2D eigenvalue weighted by Gasteiger charge is -2.10. The first-order chi connectivity index (χ1) is 12.8. The van der Waals surface area contributed by atoms with Crippen molar-refractivity contribution in [1.82, 2.24) is 0 Å². The van der Waals surface area contributed by atoms with Crippen LogP contribution in [0.25, 0.3) is 33.7 Å². The normalized spacial score (nSPS) is 11.3. The summed E-state index contributed by atoms with van der Waals surface area (Å²) in [7, 11) is 3.32. The fourth-order valence-electron chi connectivity index (χ4n) is 3.44. The van der Waals surface area contributed by atoms with E-state index in [1.807, 2.05) is 18.2 Å². The Kier molecular flexibility index (Phi) is 4.32. The molecular formula is C24H20O2. The Hall–Kier alpha value is -3.26. The second kappa shape index (κ2) is 6.93. The first-order valence-electron chi connectivity index (χ1n) is 8.61. The molecule has 0 aliphatic carbocycles. The van der Waals surface area contributed by atoms with Gasteiger partial charge in [-0.05, 0) is 39.2 Å². The summed E-state index contributed by atoms with van der Waals surface area (Å²) in [6, 6.07) is 25.2. The molecule has 0 unspecified atom stereocenters. The van der Waals surface area contributed by atoms with Gasteiger partial charge in [-0.1, -0.05) is 72.8 Å². The van der Waals surface area contributed by atoms with Crippen molar-refractivity contribution < 1.29 is 9.47 Å². The Bertz CT molecular complexity index is 1110. The molecule has 2 nitrogen and oxygen atoms in total. The monoisotopic (exact) mass is 340 g/mol. The van der Waals surface area contributed by atoms with Crippen molar-refractivity contribution in [3.05, 3.63) is 83.9 Å². The quantitative estimate of drug-likeness (QED) is 0.326. The highest BCUT2D eigenvalue weighted by Crippen LogP contribution is 2.33. The van der Waals surface area contributed by atoms with Gasteiger partial charge in [-0.3, -0.25) is 0 Å². The Morgan fingerprint density at radius 3 is 2.08 bits per heavy atom. The fourth-order valence-corrected chi connectivity index (χ4v) is 3.44. The predicted molar refractivity (Wildman–Crippen MR) is 110 cm³/mol. The van der Waals surface area contributed by atoms with E-state index in [0.717, 1.165) is 17.1 Å². The molecule has 0 N–H and O–H groups in total. The Labute approximate surface area is 153 Å². The van der Waals surface area contributed by atoms with Crippen LogP contribution in [-0.2, 0) is 0 Å². The van der Waals surface area contributed by atoms with Crippen molar-refractivity contribution in [2.45, 2.75) is 0 Å². The van der Waals surface area contributed by atoms with Crippen molar-refractivity contribution in [3.63, 3.8) is 0 Å². The zero-order chi connectivity index (χ0) is 17.9. The second-order valence-corrected chi connectivity index (χ2v) is 6.15. The van der Waals surface area contributed by atoms with Crippen LogP contribution >= 0.6 is 0 Å².